The Labute approximate surface area is 124 Å². The number of fused-ring (bicyclic) bond motifs is 1. The van der Waals surface area contributed by atoms with Crippen LogP contribution in [0.5, 0.6) is 5.75 Å². The molecular weight excluding hydrogens is 260 g/mol. The zero-order valence-electron chi connectivity index (χ0n) is 12.3. The Kier molecular flexibility index (Phi) is 3.89. The fourth-order valence-corrected chi connectivity index (χ4v) is 2.26. The minimum absolute atomic E-state index is 0.428. The van der Waals surface area contributed by atoms with Gasteiger partial charge in [-0.2, -0.15) is 4.89 Å². The Balaban J connectivity index is 1.65. The predicted molar refractivity (Wildman–Crippen MR) is 85.3 cm³/mol. The highest BCUT2D eigenvalue weighted by Gasteiger charge is 1.99. The van der Waals surface area contributed by atoms with Crippen LogP contribution in [-0.4, -0.2) is 0 Å². The van der Waals surface area contributed by atoms with Gasteiger partial charge in [0.25, 0.3) is 0 Å². The van der Waals surface area contributed by atoms with Crippen LogP contribution in [0.4, 0.5) is 0 Å². The van der Waals surface area contributed by atoms with Crippen LogP contribution in [0, 0.1) is 13.8 Å². The summed E-state index contributed by atoms with van der Waals surface area (Å²) in [7, 11) is 0. The normalized spacial score (nSPS) is 10.8. The van der Waals surface area contributed by atoms with Gasteiger partial charge in [0.1, 0.15) is 6.61 Å². The van der Waals surface area contributed by atoms with Crippen molar-refractivity contribution in [2.24, 2.45) is 0 Å². The van der Waals surface area contributed by atoms with Crippen LogP contribution in [0.15, 0.2) is 60.7 Å². The largest absolute Gasteiger partial charge is 0.337 e. The van der Waals surface area contributed by atoms with E-state index in [1.54, 1.807) is 0 Å². The minimum atomic E-state index is 0.428. The van der Waals surface area contributed by atoms with Gasteiger partial charge in [-0.15, -0.1) is 0 Å². The molecule has 2 nitrogen and oxygen atoms in total. The van der Waals surface area contributed by atoms with Crippen LogP contribution in [0.1, 0.15) is 16.7 Å². The van der Waals surface area contributed by atoms with E-state index in [2.05, 4.69) is 43.3 Å². The molecular formula is C19H18O2. The Bertz CT molecular complexity index is 745. The fourth-order valence-electron chi connectivity index (χ4n) is 2.26. The molecule has 0 radical (unpaired) electrons. The van der Waals surface area contributed by atoms with Crippen molar-refractivity contribution in [1.29, 1.82) is 0 Å². The third-order valence-electron chi connectivity index (χ3n) is 3.46. The molecule has 0 spiro atoms. The van der Waals surface area contributed by atoms with Gasteiger partial charge in [0.2, 0.25) is 0 Å². The second-order valence-electron chi connectivity index (χ2n) is 5.34. The van der Waals surface area contributed by atoms with Gasteiger partial charge in [-0.05, 0) is 48.4 Å². The highest BCUT2D eigenvalue weighted by Crippen LogP contribution is 2.19. The van der Waals surface area contributed by atoms with Crippen molar-refractivity contribution in [2.45, 2.75) is 20.5 Å². The van der Waals surface area contributed by atoms with Crippen molar-refractivity contribution < 1.29 is 9.78 Å². The molecule has 0 heterocycles. The minimum Gasteiger partial charge on any atom is -0.337 e. The summed E-state index contributed by atoms with van der Waals surface area (Å²) in [6.07, 6.45) is 0. The molecule has 21 heavy (non-hydrogen) atoms. The summed E-state index contributed by atoms with van der Waals surface area (Å²) < 4.78 is 0. The number of benzene rings is 3. The number of rotatable bonds is 4. The molecule has 0 aliphatic rings. The Morgan fingerprint density at radius 2 is 1.38 bits per heavy atom. The van der Waals surface area contributed by atoms with E-state index in [9.17, 15) is 0 Å². The van der Waals surface area contributed by atoms with Crippen LogP contribution >= 0.6 is 0 Å². The van der Waals surface area contributed by atoms with Crippen molar-refractivity contribution in [1.82, 2.24) is 0 Å². The average molecular weight is 278 g/mol. The van der Waals surface area contributed by atoms with Crippen molar-refractivity contribution in [3.05, 3.63) is 77.4 Å². The number of hydrogen-bond donors (Lipinski definition) is 0. The van der Waals surface area contributed by atoms with E-state index in [0.717, 1.165) is 11.3 Å². The third kappa shape index (κ3) is 3.41. The lowest BCUT2D eigenvalue weighted by molar-refractivity contribution is -0.217. The molecule has 0 unspecified atom stereocenters. The van der Waals surface area contributed by atoms with Crippen LogP contribution in [0.25, 0.3) is 10.8 Å². The second-order valence-corrected chi connectivity index (χ2v) is 5.34. The highest BCUT2D eigenvalue weighted by molar-refractivity contribution is 5.83. The van der Waals surface area contributed by atoms with E-state index in [0.29, 0.717) is 6.61 Å². The van der Waals surface area contributed by atoms with Crippen LogP contribution in [-0.2, 0) is 11.5 Å². The lowest BCUT2D eigenvalue weighted by Crippen LogP contribution is -1.98. The smallest absolute Gasteiger partial charge is 0.165 e. The highest BCUT2D eigenvalue weighted by atomic mass is 17.2. The van der Waals surface area contributed by atoms with Crippen LogP contribution < -0.4 is 4.89 Å². The zero-order chi connectivity index (χ0) is 14.7. The predicted octanol–water partition coefficient (Wildman–Crippen LogP) is 4.97. The molecule has 0 saturated carbocycles. The zero-order valence-corrected chi connectivity index (χ0v) is 12.3. The molecule has 0 aliphatic carbocycles. The van der Waals surface area contributed by atoms with Gasteiger partial charge in [0.15, 0.2) is 5.75 Å². The van der Waals surface area contributed by atoms with Gasteiger partial charge in [-0.1, -0.05) is 53.6 Å². The molecule has 0 atom stereocenters. The number of aryl methyl sites for hydroxylation is 2. The maximum atomic E-state index is 5.32. The maximum absolute atomic E-state index is 5.32. The van der Waals surface area contributed by atoms with E-state index < -0.39 is 0 Å². The molecule has 0 aliphatic heterocycles. The molecule has 0 saturated heterocycles. The monoisotopic (exact) mass is 278 g/mol. The Morgan fingerprint density at radius 1 is 0.714 bits per heavy atom. The van der Waals surface area contributed by atoms with E-state index in [1.807, 2.05) is 31.2 Å². The van der Waals surface area contributed by atoms with E-state index in [-0.39, 0.29) is 0 Å². The molecule has 0 aromatic heterocycles. The summed E-state index contributed by atoms with van der Waals surface area (Å²) >= 11 is 0. The second kappa shape index (κ2) is 5.98. The van der Waals surface area contributed by atoms with Crippen molar-refractivity contribution in [3.63, 3.8) is 0 Å². The molecule has 0 N–H and O–H groups in total. The lowest BCUT2D eigenvalue weighted by atomic mass is 10.1. The summed E-state index contributed by atoms with van der Waals surface area (Å²) in [6.45, 7) is 4.57. The molecule has 2 heteroatoms. The van der Waals surface area contributed by atoms with Gasteiger partial charge in [0, 0.05) is 0 Å². The topological polar surface area (TPSA) is 18.5 Å². The van der Waals surface area contributed by atoms with Gasteiger partial charge in [-0.3, -0.25) is 0 Å². The fraction of sp³-hybridized carbons (Fsp3) is 0.158. The molecule has 3 aromatic rings. The maximum Gasteiger partial charge on any atom is 0.165 e. The van der Waals surface area contributed by atoms with Gasteiger partial charge >= 0.3 is 0 Å². The van der Waals surface area contributed by atoms with Crippen molar-refractivity contribution in [2.75, 3.05) is 0 Å². The Morgan fingerprint density at radius 3 is 2.19 bits per heavy atom. The SMILES string of the molecule is Cc1ccc(OOCc2ccc3cc(C)ccc3c2)cc1. The molecule has 0 amide bonds. The van der Waals surface area contributed by atoms with E-state index in [1.165, 1.54) is 21.9 Å². The molecule has 106 valence electrons. The average Bonchev–Trinajstić information content (AvgIpc) is 2.49. The van der Waals surface area contributed by atoms with Gasteiger partial charge in [0.05, 0.1) is 0 Å². The molecule has 3 aromatic carbocycles. The quantitative estimate of drug-likeness (QED) is 0.495. The first kappa shape index (κ1) is 13.7. The van der Waals surface area contributed by atoms with E-state index in [4.69, 9.17) is 9.78 Å². The van der Waals surface area contributed by atoms with Crippen LogP contribution in [0.3, 0.4) is 0 Å². The summed E-state index contributed by atoms with van der Waals surface area (Å²) in [5, 5.41) is 2.47. The van der Waals surface area contributed by atoms with E-state index >= 15 is 0 Å². The molecule has 0 fully saturated rings. The lowest BCUT2D eigenvalue weighted by Gasteiger charge is -2.07. The Hall–Kier alpha value is -2.32. The standard InChI is InChI=1S/C19H18O2/c1-14-4-9-19(10-5-14)21-20-13-16-6-8-17-11-15(2)3-7-18(17)12-16/h3-12H,13H2,1-2H3. The van der Waals surface area contributed by atoms with Gasteiger partial charge in [-0.25, -0.2) is 0 Å². The first-order valence-electron chi connectivity index (χ1n) is 7.06. The summed E-state index contributed by atoms with van der Waals surface area (Å²) in [5.74, 6) is 0.719. The molecule has 3 rings (SSSR count). The van der Waals surface area contributed by atoms with Crippen molar-refractivity contribution in [3.8, 4) is 5.75 Å². The summed E-state index contributed by atoms with van der Waals surface area (Å²) in [5.41, 5.74) is 3.57. The third-order valence-corrected chi connectivity index (χ3v) is 3.46. The van der Waals surface area contributed by atoms with Gasteiger partial charge < -0.3 is 4.89 Å². The first-order chi connectivity index (χ1) is 10.2. The molecule has 0 bridgehead atoms. The summed E-state index contributed by atoms with van der Waals surface area (Å²) in [4.78, 5) is 10.6. The van der Waals surface area contributed by atoms with Crippen molar-refractivity contribution >= 4 is 10.8 Å². The first-order valence-corrected chi connectivity index (χ1v) is 7.06. The summed E-state index contributed by atoms with van der Waals surface area (Å²) in [6, 6.07) is 20.6. The number of hydrogen-bond acceptors (Lipinski definition) is 2. The van der Waals surface area contributed by atoms with Crippen LogP contribution in [0.2, 0.25) is 0 Å².